The van der Waals surface area contributed by atoms with E-state index in [-0.39, 0.29) is 11.9 Å². The van der Waals surface area contributed by atoms with Crippen molar-refractivity contribution < 1.29 is 4.79 Å². The van der Waals surface area contributed by atoms with E-state index in [4.69, 9.17) is 0 Å². The average Bonchev–Trinajstić information content (AvgIpc) is 3.26. The van der Waals surface area contributed by atoms with Crippen LogP contribution in [-0.4, -0.2) is 39.6 Å². The summed E-state index contributed by atoms with van der Waals surface area (Å²) in [6.07, 6.45) is 9.04. The number of aromatic amines is 1. The van der Waals surface area contributed by atoms with Crippen LogP contribution in [0.1, 0.15) is 38.5 Å². The number of fused-ring (bicyclic) bond motifs is 1. The number of carbonyl (C=O) groups excluding carboxylic acids is 1. The Bertz CT molecular complexity index is 674. The van der Waals surface area contributed by atoms with Crippen LogP contribution in [0.25, 0.3) is 10.9 Å². The number of rotatable bonds is 3. The Labute approximate surface area is 130 Å². The van der Waals surface area contributed by atoms with Crippen LogP contribution in [0.4, 0.5) is 5.69 Å². The number of H-pyrrole nitrogens is 1. The maximum Gasteiger partial charge on any atom is 0.241 e. The van der Waals surface area contributed by atoms with Crippen LogP contribution in [0.3, 0.4) is 0 Å². The zero-order valence-electron chi connectivity index (χ0n) is 12.7. The second-order valence-electron chi connectivity index (χ2n) is 6.50. The topological polar surface area (TPSA) is 61.0 Å². The molecule has 116 valence electrons. The van der Waals surface area contributed by atoms with Gasteiger partial charge in [0.05, 0.1) is 17.8 Å². The summed E-state index contributed by atoms with van der Waals surface area (Å²) < 4.78 is 0. The van der Waals surface area contributed by atoms with Gasteiger partial charge in [0.1, 0.15) is 0 Å². The van der Waals surface area contributed by atoms with Crippen LogP contribution in [0.5, 0.6) is 0 Å². The number of nitrogens with one attached hydrogen (secondary N) is 2. The smallest absolute Gasteiger partial charge is 0.241 e. The van der Waals surface area contributed by atoms with E-state index in [2.05, 4.69) is 20.4 Å². The lowest BCUT2D eigenvalue weighted by atomic mass is 10.1. The highest BCUT2D eigenvalue weighted by atomic mass is 16.2. The molecule has 4 rings (SSSR count). The molecular formula is C17H22N4O. The van der Waals surface area contributed by atoms with Crippen LogP contribution < -0.4 is 5.32 Å². The molecule has 5 nitrogen and oxygen atoms in total. The largest absolute Gasteiger partial charge is 0.325 e. The molecule has 1 saturated heterocycles. The molecule has 1 aliphatic heterocycles. The molecule has 2 fully saturated rings. The third-order valence-corrected chi connectivity index (χ3v) is 5.10. The maximum atomic E-state index is 12.7. The maximum absolute atomic E-state index is 12.7. The second-order valence-corrected chi connectivity index (χ2v) is 6.50. The molecule has 2 aromatic rings. The second kappa shape index (κ2) is 5.72. The summed E-state index contributed by atoms with van der Waals surface area (Å²) >= 11 is 0. The first-order valence-corrected chi connectivity index (χ1v) is 8.31. The van der Waals surface area contributed by atoms with Gasteiger partial charge in [-0.15, -0.1) is 0 Å². The number of likely N-dealkylation sites (tertiary alicyclic amines) is 1. The van der Waals surface area contributed by atoms with Gasteiger partial charge in [-0.05, 0) is 50.4 Å². The van der Waals surface area contributed by atoms with Crippen molar-refractivity contribution in [2.75, 3.05) is 11.9 Å². The minimum atomic E-state index is 0.0422. The van der Waals surface area contributed by atoms with E-state index in [1.54, 1.807) is 6.20 Å². The lowest BCUT2D eigenvalue weighted by molar-refractivity contribution is -0.121. The van der Waals surface area contributed by atoms with Gasteiger partial charge < -0.3 is 5.32 Å². The quantitative estimate of drug-likeness (QED) is 0.916. The highest BCUT2D eigenvalue weighted by Gasteiger charge is 2.36. The summed E-state index contributed by atoms with van der Waals surface area (Å²) in [5.74, 6) is 0.142. The molecule has 1 aliphatic carbocycles. The van der Waals surface area contributed by atoms with Crippen molar-refractivity contribution in [2.24, 2.45) is 0 Å². The molecule has 2 aliphatic rings. The van der Waals surface area contributed by atoms with Gasteiger partial charge in [-0.3, -0.25) is 14.8 Å². The van der Waals surface area contributed by atoms with Crippen molar-refractivity contribution in [3.8, 4) is 0 Å². The molecule has 0 spiro atoms. The Balaban J connectivity index is 1.48. The third kappa shape index (κ3) is 2.50. The van der Waals surface area contributed by atoms with Gasteiger partial charge in [0.15, 0.2) is 0 Å². The molecule has 2 N–H and O–H groups in total. The SMILES string of the molecule is O=C(Nc1ccc2cn[nH]c2c1)C1CCCN1C1CCCC1. The Kier molecular flexibility index (Phi) is 3.58. The number of benzene rings is 1. The van der Waals surface area contributed by atoms with Crippen molar-refractivity contribution in [1.29, 1.82) is 0 Å². The number of hydrogen-bond acceptors (Lipinski definition) is 3. The standard InChI is InChI=1S/C17H22N4O/c22-17(16-6-3-9-21(16)14-4-1-2-5-14)19-13-8-7-12-11-18-20-15(12)10-13/h7-8,10-11,14,16H,1-6,9H2,(H,18,20)(H,19,22). The number of nitrogens with zero attached hydrogens (tertiary/aromatic N) is 2. The van der Waals surface area contributed by atoms with Gasteiger partial charge >= 0.3 is 0 Å². The van der Waals surface area contributed by atoms with Crippen molar-refractivity contribution in [1.82, 2.24) is 15.1 Å². The fourth-order valence-corrected chi connectivity index (χ4v) is 3.98. The first kappa shape index (κ1) is 13.8. The van der Waals surface area contributed by atoms with Gasteiger partial charge in [-0.1, -0.05) is 12.8 Å². The minimum absolute atomic E-state index is 0.0422. The molecule has 1 atom stereocenters. The van der Waals surface area contributed by atoms with Gasteiger partial charge in [0, 0.05) is 17.1 Å². The summed E-state index contributed by atoms with van der Waals surface area (Å²) in [4.78, 5) is 15.1. The Hall–Kier alpha value is -1.88. The molecule has 22 heavy (non-hydrogen) atoms. The number of aromatic nitrogens is 2. The number of amides is 1. The van der Waals surface area contributed by atoms with E-state index in [1.165, 1.54) is 25.7 Å². The normalized spacial score (nSPS) is 23.4. The lowest BCUT2D eigenvalue weighted by Gasteiger charge is -2.29. The number of anilines is 1. The van der Waals surface area contributed by atoms with E-state index in [0.29, 0.717) is 6.04 Å². The van der Waals surface area contributed by atoms with E-state index in [1.807, 2.05) is 18.2 Å². The first-order chi connectivity index (χ1) is 10.8. The van der Waals surface area contributed by atoms with Gasteiger partial charge in [0.25, 0.3) is 0 Å². The molecule has 1 aromatic heterocycles. The molecule has 1 unspecified atom stereocenters. The van der Waals surface area contributed by atoms with Gasteiger partial charge in [0.2, 0.25) is 5.91 Å². The summed E-state index contributed by atoms with van der Waals surface area (Å²) in [7, 11) is 0. The number of hydrogen-bond donors (Lipinski definition) is 2. The third-order valence-electron chi connectivity index (χ3n) is 5.10. The first-order valence-electron chi connectivity index (χ1n) is 8.31. The lowest BCUT2D eigenvalue weighted by Crippen LogP contribution is -2.44. The average molecular weight is 298 g/mol. The Morgan fingerprint density at radius 2 is 2.09 bits per heavy atom. The fraction of sp³-hybridized carbons (Fsp3) is 0.529. The number of carbonyl (C=O) groups is 1. The van der Waals surface area contributed by atoms with E-state index in [0.717, 1.165) is 36.0 Å². The predicted molar refractivity (Wildman–Crippen MR) is 86.7 cm³/mol. The van der Waals surface area contributed by atoms with E-state index >= 15 is 0 Å². The van der Waals surface area contributed by atoms with Crippen LogP contribution in [0.2, 0.25) is 0 Å². The minimum Gasteiger partial charge on any atom is -0.325 e. The Morgan fingerprint density at radius 1 is 1.23 bits per heavy atom. The van der Waals surface area contributed by atoms with Crippen molar-refractivity contribution in [2.45, 2.75) is 50.6 Å². The summed E-state index contributed by atoms with van der Waals surface area (Å²) in [6, 6.07) is 6.55. The molecule has 2 heterocycles. The zero-order chi connectivity index (χ0) is 14.9. The van der Waals surface area contributed by atoms with Crippen LogP contribution >= 0.6 is 0 Å². The van der Waals surface area contributed by atoms with E-state index < -0.39 is 0 Å². The molecule has 0 radical (unpaired) electrons. The molecule has 1 aromatic carbocycles. The highest BCUT2D eigenvalue weighted by Crippen LogP contribution is 2.30. The molecule has 0 bridgehead atoms. The van der Waals surface area contributed by atoms with Crippen molar-refractivity contribution in [3.63, 3.8) is 0 Å². The summed E-state index contributed by atoms with van der Waals surface area (Å²) in [5.41, 5.74) is 1.80. The van der Waals surface area contributed by atoms with Crippen LogP contribution in [0.15, 0.2) is 24.4 Å². The summed E-state index contributed by atoms with van der Waals surface area (Å²) in [5, 5.41) is 11.1. The summed E-state index contributed by atoms with van der Waals surface area (Å²) in [6.45, 7) is 1.07. The molecule has 5 heteroatoms. The van der Waals surface area contributed by atoms with Crippen LogP contribution in [-0.2, 0) is 4.79 Å². The molecule has 1 amide bonds. The van der Waals surface area contributed by atoms with Crippen molar-refractivity contribution >= 4 is 22.5 Å². The predicted octanol–water partition coefficient (Wildman–Crippen LogP) is 2.91. The zero-order valence-corrected chi connectivity index (χ0v) is 12.7. The van der Waals surface area contributed by atoms with Gasteiger partial charge in [-0.25, -0.2) is 0 Å². The van der Waals surface area contributed by atoms with E-state index in [9.17, 15) is 4.79 Å². The van der Waals surface area contributed by atoms with Crippen molar-refractivity contribution in [3.05, 3.63) is 24.4 Å². The van der Waals surface area contributed by atoms with Gasteiger partial charge in [-0.2, -0.15) is 5.10 Å². The molecule has 1 saturated carbocycles. The van der Waals surface area contributed by atoms with Crippen LogP contribution in [0, 0.1) is 0 Å². The monoisotopic (exact) mass is 298 g/mol. The Morgan fingerprint density at radius 3 is 2.95 bits per heavy atom. The fourth-order valence-electron chi connectivity index (χ4n) is 3.98. The molecular weight excluding hydrogens is 276 g/mol. The highest BCUT2D eigenvalue weighted by molar-refractivity contribution is 5.96.